The van der Waals surface area contributed by atoms with E-state index in [-0.39, 0.29) is 6.04 Å². The van der Waals surface area contributed by atoms with Gasteiger partial charge in [0.2, 0.25) is 0 Å². The molecule has 0 aliphatic heterocycles. The van der Waals surface area contributed by atoms with Crippen LogP contribution in [0.3, 0.4) is 0 Å². The van der Waals surface area contributed by atoms with Crippen LogP contribution in [0.15, 0.2) is 48.5 Å². The molecule has 2 aromatic carbocycles. The molecule has 0 saturated heterocycles. The van der Waals surface area contributed by atoms with Gasteiger partial charge in [0.15, 0.2) is 0 Å². The highest BCUT2D eigenvalue weighted by molar-refractivity contribution is 6.30. The molecule has 0 aliphatic carbocycles. The Morgan fingerprint density at radius 3 is 2.50 bits per heavy atom. The number of halogens is 1. The van der Waals surface area contributed by atoms with E-state index < -0.39 is 0 Å². The van der Waals surface area contributed by atoms with E-state index in [2.05, 4.69) is 31.0 Å². The molecule has 2 nitrogen and oxygen atoms in total. The summed E-state index contributed by atoms with van der Waals surface area (Å²) in [5, 5.41) is 0.764. The lowest BCUT2D eigenvalue weighted by molar-refractivity contribution is 0.740. The summed E-state index contributed by atoms with van der Waals surface area (Å²) in [4.78, 5) is 2.18. The third-order valence-electron chi connectivity index (χ3n) is 3.19. The fraction of sp³-hybridized carbons (Fsp3) is 0.200. The Balaban J connectivity index is 2.26. The first kappa shape index (κ1) is 12.8. The zero-order chi connectivity index (χ0) is 13.1. The van der Waals surface area contributed by atoms with Gasteiger partial charge in [0.25, 0.3) is 0 Å². The fourth-order valence-corrected chi connectivity index (χ4v) is 2.16. The van der Waals surface area contributed by atoms with E-state index in [1.165, 1.54) is 5.56 Å². The maximum Gasteiger partial charge on any atom is 0.0511 e. The highest BCUT2D eigenvalue weighted by Gasteiger charge is 2.12. The largest absolute Gasteiger partial charge is 0.399 e. The van der Waals surface area contributed by atoms with Gasteiger partial charge in [-0.15, -0.1) is 0 Å². The van der Waals surface area contributed by atoms with Crippen molar-refractivity contribution in [2.75, 3.05) is 17.7 Å². The lowest BCUT2D eigenvalue weighted by Crippen LogP contribution is -2.21. The highest BCUT2D eigenvalue weighted by atomic mass is 35.5. The number of nitrogens with zero attached hydrogens (tertiary/aromatic N) is 1. The fourth-order valence-electron chi connectivity index (χ4n) is 1.96. The van der Waals surface area contributed by atoms with E-state index in [9.17, 15) is 0 Å². The Kier molecular flexibility index (Phi) is 3.78. The maximum absolute atomic E-state index is 6.03. The normalized spacial score (nSPS) is 12.2. The van der Waals surface area contributed by atoms with Gasteiger partial charge in [0, 0.05) is 23.4 Å². The molecular weight excluding hydrogens is 244 g/mol. The summed E-state index contributed by atoms with van der Waals surface area (Å²) >= 11 is 6.03. The number of anilines is 2. The van der Waals surface area contributed by atoms with Crippen molar-refractivity contribution < 1.29 is 0 Å². The van der Waals surface area contributed by atoms with Gasteiger partial charge in [-0.05, 0) is 42.8 Å². The van der Waals surface area contributed by atoms with Crippen LogP contribution in [0.25, 0.3) is 0 Å². The van der Waals surface area contributed by atoms with Crippen LogP contribution in [-0.4, -0.2) is 7.05 Å². The summed E-state index contributed by atoms with van der Waals surface area (Å²) in [7, 11) is 2.06. The summed E-state index contributed by atoms with van der Waals surface area (Å²) in [6.07, 6.45) is 0. The molecule has 0 saturated carbocycles. The molecular formula is C15H17ClN2. The van der Waals surface area contributed by atoms with Gasteiger partial charge in [0.05, 0.1) is 6.04 Å². The quantitative estimate of drug-likeness (QED) is 0.841. The Morgan fingerprint density at radius 1 is 1.11 bits per heavy atom. The summed E-state index contributed by atoms with van der Waals surface area (Å²) in [6, 6.07) is 16.1. The Hall–Kier alpha value is -1.67. The maximum atomic E-state index is 6.03. The predicted molar refractivity (Wildman–Crippen MR) is 79.1 cm³/mol. The van der Waals surface area contributed by atoms with Crippen molar-refractivity contribution in [3.05, 3.63) is 59.1 Å². The van der Waals surface area contributed by atoms with Gasteiger partial charge in [-0.3, -0.25) is 0 Å². The highest BCUT2D eigenvalue weighted by Crippen LogP contribution is 2.27. The van der Waals surface area contributed by atoms with Crippen molar-refractivity contribution in [3.8, 4) is 0 Å². The first-order valence-corrected chi connectivity index (χ1v) is 6.29. The van der Waals surface area contributed by atoms with Gasteiger partial charge in [-0.2, -0.15) is 0 Å². The zero-order valence-corrected chi connectivity index (χ0v) is 11.4. The molecule has 0 aliphatic rings. The molecule has 0 spiro atoms. The molecule has 18 heavy (non-hydrogen) atoms. The molecule has 2 aromatic rings. The van der Waals surface area contributed by atoms with E-state index >= 15 is 0 Å². The number of nitrogens with two attached hydrogens (primary N) is 1. The number of nitrogen functional groups attached to an aromatic ring is 1. The van der Waals surface area contributed by atoms with Crippen LogP contribution in [0.1, 0.15) is 18.5 Å². The molecule has 0 heterocycles. The zero-order valence-electron chi connectivity index (χ0n) is 10.6. The van der Waals surface area contributed by atoms with E-state index in [1.807, 2.05) is 36.4 Å². The van der Waals surface area contributed by atoms with Gasteiger partial charge >= 0.3 is 0 Å². The predicted octanol–water partition coefficient (Wildman–Crippen LogP) is 4.12. The first-order chi connectivity index (χ1) is 8.58. The van der Waals surface area contributed by atoms with Crippen LogP contribution in [-0.2, 0) is 0 Å². The average molecular weight is 261 g/mol. The molecule has 0 fully saturated rings. The number of hydrogen-bond donors (Lipinski definition) is 1. The van der Waals surface area contributed by atoms with E-state index in [0.29, 0.717) is 0 Å². The topological polar surface area (TPSA) is 29.3 Å². The number of hydrogen-bond acceptors (Lipinski definition) is 2. The third kappa shape index (κ3) is 2.77. The van der Waals surface area contributed by atoms with Crippen LogP contribution in [0.2, 0.25) is 5.02 Å². The van der Waals surface area contributed by atoms with Gasteiger partial charge in [-0.25, -0.2) is 0 Å². The number of rotatable bonds is 3. The van der Waals surface area contributed by atoms with Crippen molar-refractivity contribution in [3.63, 3.8) is 0 Å². The summed E-state index contributed by atoms with van der Waals surface area (Å²) in [6.45, 7) is 2.15. The monoisotopic (exact) mass is 260 g/mol. The first-order valence-electron chi connectivity index (χ1n) is 5.92. The minimum Gasteiger partial charge on any atom is -0.399 e. The molecule has 0 radical (unpaired) electrons. The SMILES string of the molecule is CC(c1cccc(Cl)c1)N(C)c1cccc(N)c1. The molecule has 0 aromatic heterocycles. The van der Waals surface area contributed by atoms with Crippen molar-refractivity contribution in [2.24, 2.45) is 0 Å². The van der Waals surface area contributed by atoms with Crippen molar-refractivity contribution >= 4 is 23.0 Å². The van der Waals surface area contributed by atoms with Crippen LogP contribution in [0, 0.1) is 0 Å². The lowest BCUT2D eigenvalue weighted by Gasteiger charge is -2.27. The number of benzene rings is 2. The minimum absolute atomic E-state index is 0.241. The van der Waals surface area contributed by atoms with E-state index in [4.69, 9.17) is 17.3 Å². The van der Waals surface area contributed by atoms with Crippen LogP contribution < -0.4 is 10.6 Å². The van der Waals surface area contributed by atoms with E-state index in [1.54, 1.807) is 0 Å². The standard InChI is InChI=1S/C15H17ClN2/c1-11(12-5-3-6-13(16)9-12)18(2)15-8-4-7-14(17)10-15/h3-11H,17H2,1-2H3. The van der Waals surface area contributed by atoms with Gasteiger partial charge in [0.1, 0.15) is 0 Å². The second-order valence-corrected chi connectivity index (χ2v) is 4.87. The van der Waals surface area contributed by atoms with Crippen LogP contribution in [0.5, 0.6) is 0 Å². The van der Waals surface area contributed by atoms with Gasteiger partial charge in [-0.1, -0.05) is 29.8 Å². The van der Waals surface area contributed by atoms with Crippen molar-refractivity contribution in [1.82, 2.24) is 0 Å². The molecule has 1 unspecified atom stereocenters. The smallest absolute Gasteiger partial charge is 0.0511 e. The lowest BCUT2D eigenvalue weighted by atomic mass is 10.1. The molecule has 2 N–H and O–H groups in total. The van der Waals surface area contributed by atoms with Crippen molar-refractivity contribution in [2.45, 2.75) is 13.0 Å². The minimum atomic E-state index is 0.241. The third-order valence-corrected chi connectivity index (χ3v) is 3.42. The van der Waals surface area contributed by atoms with Gasteiger partial charge < -0.3 is 10.6 Å². The second-order valence-electron chi connectivity index (χ2n) is 4.44. The molecule has 2 rings (SSSR count). The Labute approximate surface area is 113 Å². The summed E-state index contributed by atoms with van der Waals surface area (Å²) in [5.74, 6) is 0. The summed E-state index contributed by atoms with van der Waals surface area (Å²) in [5.41, 5.74) is 8.87. The van der Waals surface area contributed by atoms with E-state index in [0.717, 1.165) is 16.4 Å². The van der Waals surface area contributed by atoms with Crippen LogP contribution in [0.4, 0.5) is 11.4 Å². The van der Waals surface area contributed by atoms with Crippen molar-refractivity contribution in [1.29, 1.82) is 0 Å². The Morgan fingerprint density at radius 2 is 1.83 bits per heavy atom. The molecule has 0 bridgehead atoms. The molecule has 1 atom stereocenters. The molecule has 3 heteroatoms. The summed E-state index contributed by atoms with van der Waals surface area (Å²) < 4.78 is 0. The molecule has 0 amide bonds. The Bertz CT molecular complexity index is 490. The molecule has 94 valence electrons. The second kappa shape index (κ2) is 5.32. The average Bonchev–Trinajstić information content (AvgIpc) is 2.37. The van der Waals surface area contributed by atoms with Crippen LogP contribution >= 0.6 is 11.6 Å².